The van der Waals surface area contributed by atoms with Crippen LogP contribution in [0.1, 0.15) is 17.9 Å². The molecule has 2 aromatic rings. The Bertz CT molecular complexity index is 800. The highest BCUT2D eigenvalue weighted by Gasteiger charge is 2.42. The van der Waals surface area contributed by atoms with Gasteiger partial charge in [-0.25, -0.2) is 4.98 Å². The maximum atomic E-state index is 12.8. The van der Waals surface area contributed by atoms with Crippen LogP contribution >= 0.6 is 0 Å². The van der Waals surface area contributed by atoms with Gasteiger partial charge in [-0.15, -0.1) is 0 Å². The molecule has 4 rings (SSSR count). The second kappa shape index (κ2) is 7.44. The molecule has 0 N–H and O–H groups in total. The first-order valence-electron chi connectivity index (χ1n) is 9.56. The summed E-state index contributed by atoms with van der Waals surface area (Å²) >= 11 is 0. The third-order valence-electron chi connectivity index (χ3n) is 5.70. The van der Waals surface area contributed by atoms with Crippen molar-refractivity contribution in [3.8, 4) is 0 Å². The zero-order valence-corrected chi connectivity index (χ0v) is 16.2. The molecule has 0 aliphatic carbocycles. The number of hydrogen-bond acceptors (Lipinski definition) is 5. The number of hydrogen-bond donors (Lipinski definition) is 0. The summed E-state index contributed by atoms with van der Waals surface area (Å²) in [6.07, 6.45) is 7.10. The van der Waals surface area contributed by atoms with E-state index in [1.807, 2.05) is 43.7 Å². The van der Waals surface area contributed by atoms with Crippen LogP contribution in [0, 0.1) is 5.41 Å². The third kappa shape index (κ3) is 4.06. The van der Waals surface area contributed by atoms with E-state index in [0.29, 0.717) is 19.6 Å². The van der Waals surface area contributed by atoms with Gasteiger partial charge in [0.25, 0.3) is 0 Å². The van der Waals surface area contributed by atoms with Crippen LogP contribution < -0.4 is 0 Å². The van der Waals surface area contributed by atoms with Crippen LogP contribution in [0.4, 0.5) is 0 Å². The first kappa shape index (κ1) is 18.2. The molecule has 2 aliphatic heterocycles. The van der Waals surface area contributed by atoms with Gasteiger partial charge in [0.05, 0.1) is 31.9 Å². The molecule has 0 saturated carbocycles. The standard InChI is InChI=1S/C19H28N6O2/c1-22-8-5-20-17(22)12-24-7-4-19(13-24)14-25(9-10-27-15-19)18(26)11-16-3-6-23(2)21-16/h3,5-6,8H,4,7,9-15H2,1-2H3/t19-/m1/s1. The van der Waals surface area contributed by atoms with E-state index in [9.17, 15) is 4.79 Å². The molecule has 1 amide bonds. The number of aryl methyl sites for hydroxylation is 2. The highest BCUT2D eigenvalue weighted by atomic mass is 16.5. The van der Waals surface area contributed by atoms with Crippen molar-refractivity contribution >= 4 is 5.91 Å². The molecular weight excluding hydrogens is 344 g/mol. The Kier molecular flexibility index (Phi) is 5.01. The number of aromatic nitrogens is 4. The molecule has 0 radical (unpaired) electrons. The summed E-state index contributed by atoms with van der Waals surface area (Å²) in [5.41, 5.74) is 0.839. The van der Waals surface area contributed by atoms with E-state index < -0.39 is 0 Å². The fraction of sp³-hybridized carbons (Fsp3) is 0.632. The normalized spacial score (nSPS) is 23.9. The van der Waals surface area contributed by atoms with Crippen molar-refractivity contribution in [3.63, 3.8) is 0 Å². The number of likely N-dealkylation sites (tertiary alicyclic amines) is 1. The number of imidazole rings is 1. The highest BCUT2D eigenvalue weighted by molar-refractivity contribution is 5.78. The fourth-order valence-electron chi connectivity index (χ4n) is 4.19. The van der Waals surface area contributed by atoms with Gasteiger partial charge in [-0.1, -0.05) is 0 Å². The average molecular weight is 372 g/mol. The van der Waals surface area contributed by atoms with Gasteiger partial charge < -0.3 is 14.2 Å². The lowest BCUT2D eigenvalue weighted by Gasteiger charge is -2.32. The van der Waals surface area contributed by atoms with E-state index in [1.54, 1.807) is 4.68 Å². The van der Waals surface area contributed by atoms with Crippen molar-refractivity contribution in [2.24, 2.45) is 19.5 Å². The maximum Gasteiger partial charge on any atom is 0.228 e. The lowest BCUT2D eigenvalue weighted by Crippen LogP contribution is -2.44. The summed E-state index contributed by atoms with van der Waals surface area (Å²) in [6, 6.07) is 1.91. The van der Waals surface area contributed by atoms with E-state index >= 15 is 0 Å². The van der Waals surface area contributed by atoms with Crippen molar-refractivity contribution in [1.29, 1.82) is 0 Å². The van der Waals surface area contributed by atoms with Gasteiger partial charge in [0.1, 0.15) is 5.82 Å². The summed E-state index contributed by atoms with van der Waals surface area (Å²) < 4.78 is 9.72. The Morgan fingerprint density at radius 1 is 1.26 bits per heavy atom. The smallest absolute Gasteiger partial charge is 0.228 e. The summed E-state index contributed by atoms with van der Waals surface area (Å²) in [4.78, 5) is 21.7. The molecule has 2 aliphatic rings. The minimum Gasteiger partial charge on any atom is -0.379 e. The van der Waals surface area contributed by atoms with Crippen LogP contribution in [-0.4, -0.2) is 74.4 Å². The van der Waals surface area contributed by atoms with Crippen LogP contribution in [0.2, 0.25) is 0 Å². The van der Waals surface area contributed by atoms with Crippen molar-refractivity contribution < 1.29 is 9.53 Å². The average Bonchev–Trinajstić information content (AvgIpc) is 3.29. The third-order valence-corrected chi connectivity index (χ3v) is 5.70. The quantitative estimate of drug-likeness (QED) is 0.779. The molecule has 0 aromatic carbocycles. The Labute approximate surface area is 159 Å². The predicted molar refractivity (Wildman–Crippen MR) is 99.8 cm³/mol. The van der Waals surface area contributed by atoms with Gasteiger partial charge in [-0.3, -0.25) is 14.4 Å². The molecular formula is C19H28N6O2. The minimum atomic E-state index is 0.0153. The zero-order valence-electron chi connectivity index (χ0n) is 16.2. The van der Waals surface area contributed by atoms with Crippen LogP contribution in [-0.2, 0) is 36.6 Å². The largest absolute Gasteiger partial charge is 0.379 e. The minimum absolute atomic E-state index is 0.0153. The van der Waals surface area contributed by atoms with Gasteiger partial charge in [-0.05, 0) is 19.0 Å². The first-order valence-corrected chi connectivity index (χ1v) is 9.56. The Morgan fingerprint density at radius 3 is 2.89 bits per heavy atom. The monoisotopic (exact) mass is 372 g/mol. The lowest BCUT2D eigenvalue weighted by atomic mass is 9.87. The molecule has 8 heteroatoms. The van der Waals surface area contributed by atoms with E-state index in [2.05, 4.69) is 19.5 Å². The molecule has 0 bridgehead atoms. The SMILES string of the molecule is Cn1ccc(CC(=O)N2CCOC[C@@]3(CCN(Cc4nccn4C)C3)C2)n1. The van der Waals surface area contributed by atoms with Crippen molar-refractivity contribution in [2.45, 2.75) is 19.4 Å². The molecule has 1 spiro atoms. The summed E-state index contributed by atoms with van der Waals surface area (Å²) in [5.74, 6) is 1.21. The number of carbonyl (C=O) groups is 1. The van der Waals surface area contributed by atoms with Crippen LogP contribution in [0.5, 0.6) is 0 Å². The van der Waals surface area contributed by atoms with Crippen LogP contribution in [0.15, 0.2) is 24.7 Å². The number of rotatable bonds is 4. The van der Waals surface area contributed by atoms with Gasteiger partial charge >= 0.3 is 0 Å². The predicted octanol–water partition coefficient (Wildman–Crippen LogP) is 0.447. The molecule has 0 unspecified atom stereocenters. The molecule has 2 aromatic heterocycles. The second-order valence-electron chi connectivity index (χ2n) is 7.94. The zero-order chi connectivity index (χ0) is 18.9. The topological polar surface area (TPSA) is 68.4 Å². The molecule has 27 heavy (non-hydrogen) atoms. The van der Waals surface area contributed by atoms with Crippen LogP contribution in [0.25, 0.3) is 0 Å². The van der Waals surface area contributed by atoms with Gasteiger partial charge in [0.2, 0.25) is 5.91 Å². The van der Waals surface area contributed by atoms with Crippen molar-refractivity contribution in [2.75, 3.05) is 39.4 Å². The van der Waals surface area contributed by atoms with E-state index in [1.165, 1.54) is 0 Å². The molecule has 4 heterocycles. The molecule has 1 atom stereocenters. The summed E-state index contributed by atoms with van der Waals surface area (Å²) in [6.45, 7) is 5.54. The maximum absolute atomic E-state index is 12.8. The molecule has 146 valence electrons. The van der Waals surface area contributed by atoms with E-state index in [4.69, 9.17) is 4.74 Å². The number of carbonyl (C=O) groups excluding carboxylic acids is 1. The van der Waals surface area contributed by atoms with Crippen LogP contribution in [0.3, 0.4) is 0 Å². The number of nitrogens with zero attached hydrogens (tertiary/aromatic N) is 6. The van der Waals surface area contributed by atoms with Crippen molar-refractivity contribution in [3.05, 3.63) is 36.2 Å². The lowest BCUT2D eigenvalue weighted by molar-refractivity contribution is -0.131. The van der Waals surface area contributed by atoms with E-state index in [0.717, 1.165) is 50.7 Å². The molecule has 2 fully saturated rings. The summed E-state index contributed by atoms with van der Waals surface area (Å²) in [7, 11) is 3.90. The Balaban J connectivity index is 1.40. The van der Waals surface area contributed by atoms with Gasteiger partial charge in [-0.2, -0.15) is 5.10 Å². The Morgan fingerprint density at radius 2 is 2.15 bits per heavy atom. The van der Waals surface area contributed by atoms with Gasteiger partial charge in [0, 0.05) is 57.7 Å². The number of ether oxygens (including phenoxy) is 1. The Hall–Kier alpha value is -2.19. The fourth-order valence-corrected chi connectivity index (χ4v) is 4.19. The highest BCUT2D eigenvalue weighted by Crippen LogP contribution is 2.34. The van der Waals surface area contributed by atoms with Gasteiger partial charge in [0.15, 0.2) is 0 Å². The first-order chi connectivity index (χ1) is 13.0. The molecule has 8 nitrogen and oxygen atoms in total. The molecule has 2 saturated heterocycles. The number of amides is 1. The summed E-state index contributed by atoms with van der Waals surface area (Å²) in [5, 5.41) is 4.34. The van der Waals surface area contributed by atoms with Crippen molar-refractivity contribution in [1.82, 2.24) is 29.1 Å². The second-order valence-corrected chi connectivity index (χ2v) is 7.94. The van der Waals surface area contributed by atoms with E-state index in [-0.39, 0.29) is 11.3 Å².